The highest BCUT2D eigenvalue weighted by atomic mass is 31.2. The molecular formula is C25H26O4P+. The summed E-state index contributed by atoms with van der Waals surface area (Å²) in [6.45, 7) is 3.47. The van der Waals surface area contributed by atoms with Crippen LogP contribution in [0, 0.1) is 0 Å². The number of ketones is 1. The van der Waals surface area contributed by atoms with E-state index in [9.17, 15) is 9.59 Å². The number of esters is 1. The van der Waals surface area contributed by atoms with Crippen molar-refractivity contribution in [2.75, 3.05) is 12.8 Å². The molecule has 154 valence electrons. The van der Waals surface area contributed by atoms with E-state index in [4.69, 9.17) is 9.53 Å². The average Bonchev–Trinajstić information content (AvgIpc) is 2.80. The molecule has 0 unspecified atom stereocenters. The minimum absolute atomic E-state index is 0.146. The minimum Gasteiger partial charge on any atom is -0.463 e. The zero-order valence-corrected chi connectivity index (χ0v) is 18.1. The van der Waals surface area contributed by atoms with E-state index in [2.05, 4.69) is 36.4 Å². The molecule has 0 aliphatic rings. The Morgan fingerprint density at radius 1 is 0.767 bits per heavy atom. The van der Waals surface area contributed by atoms with Gasteiger partial charge in [-0.1, -0.05) is 54.6 Å². The van der Waals surface area contributed by atoms with Crippen LogP contribution in [0.15, 0.2) is 91.0 Å². The summed E-state index contributed by atoms with van der Waals surface area (Å²) < 4.78 is 5.35. The molecule has 0 aliphatic heterocycles. The van der Waals surface area contributed by atoms with Gasteiger partial charge in [-0.05, 0) is 43.3 Å². The van der Waals surface area contributed by atoms with Gasteiger partial charge in [-0.15, -0.1) is 0 Å². The van der Waals surface area contributed by atoms with E-state index in [0.29, 0.717) is 12.8 Å². The molecule has 0 aromatic heterocycles. The van der Waals surface area contributed by atoms with E-state index in [-0.39, 0.29) is 12.3 Å². The lowest BCUT2D eigenvalue weighted by molar-refractivity contribution is -0.139. The summed E-state index contributed by atoms with van der Waals surface area (Å²) in [5.74, 6) is -0.572. The van der Waals surface area contributed by atoms with Crippen molar-refractivity contribution in [1.82, 2.24) is 0 Å². The van der Waals surface area contributed by atoms with Crippen LogP contribution in [-0.4, -0.2) is 30.8 Å². The number of benzene rings is 3. The van der Waals surface area contributed by atoms with Crippen molar-refractivity contribution in [2.45, 2.75) is 13.8 Å². The Morgan fingerprint density at radius 2 is 1.10 bits per heavy atom. The van der Waals surface area contributed by atoms with E-state index >= 15 is 0 Å². The Morgan fingerprint density at radius 3 is 1.37 bits per heavy atom. The second kappa shape index (κ2) is 11.8. The topological polar surface area (TPSA) is 60.4 Å². The smallest absolute Gasteiger partial charge is 0.345 e. The van der Waals surface area contributed by atoms with Crippen LogP contribution in [0.5, 0.6) is 0 Å². The van der Waals surface area contributed by atoms with Gasteiger partial charge < -0.3 is 4.74 Å². The molecule has 0 heterocycles. The molecule has 0 amide bonds. The van der Waals surface area contributed by atoms with Gasteiger partial charge in [0, 0.05) is 6.92 Å². The number of rotatable bonds is 7. The number of ether oxygens (including phenoxy) is 1. The lowest BCUT2D eigenvalue weighted by atomic mass is 10.4. The number of hydrogen-bond acceptors (Lipinski definition) is 4. The second-order valence-corrected chi connectivity index (χ2v) is 9.99. The van der Waals surface area contributed by atoms with Gasteiger partial charge >= 0.3 is 5.97 Å². The molecule has 3 rings (SSSR count). The van der Waals surface area contributed by atoms with Crippen LogP contribution in [0.4, 0.5) is 0 Å². The fourth-order valence-corrected chi connectivity index (χ4v) is 7.13. The first-order valence-electron chi connectivity index (χ1n) is 9.71. The first-order chi connectivity index (χ1) is 14.5. The van der Waals surface area contributed by atoms with E-state index < -0.39 is 13.0 Å². The predicted octanol–water partition coefficient (Wildman–Crippen LogP) is 3.32. The Hall–Kier alpha value is -3.10. The third-order valence-electron chi connectivity index (χ3n) is 4.43. The fourth-order valence-electron chi connectivity index (χ4n) is 3.17. The van der Waals surface area contributed by atoms with Crippen molar-refractivity contribution in [3.8, 4) is 0 Å². The monoisotopic (exact) mass is 421 g/mol. The van der Waals surface area contributed by atoms with Crippen molar-refractivity contribution in [3.05, 3.63) is 91.0 Å². The summed E-state index contributed by atoms with van der Waals surface area (Å²) in [5, 5.41) is 3.58. The Balaban J connectivity index is 0.000000575. The lowest BCUT2D eigenvalue weighted by Crippen LogP contribution is -2.36. The van der Waals surface area contributed by atoms with Gasteiger partial charge in [0.2, 0.25) is 0 Å². The zero-order valence-electron chi connectivity index (χ0n) is 17.2. The molecule has 4 nitrogen and oxygen atoms in total. The first kappa shape index (κ1) is 23.2. The summed E-state index contributed by atoms with van der Waals surface area (Å²) in [7, 11) is -2.11. The molecule has 3 aromatic rings. The highest BCUT2D eigenvalue weighted by Gasteiger charge is 2.47. The normalized spacial score (nSPS) is 10.3. The van der Waals surface area contributed by atoms with Crippen LogP contribution in [-0.2, 0) is 19.1 Å². The Bertz CT molecular complexity index is 844. The van der Waals surface area contributed by atoms with E-state index in [0.717, 1.165) is 0 Å². The molecule has 0 radical (unpaired) electrons. The summed E-state index contributed by atoms with van der Waals surface area (Å²) in [6.07, 6.45) is 0.652. The molecule has 0 fully saturated rings. The number of Topliss-reactive ketones (excluding diaryl/α,β-unsaturated/α-hetero) is 1. The van der Waals surface area contributed by atoms with Gasteiger partial charge in [-0.25, -0.2) is 4.79 Å². The summed E-state index contributed by atoms with van der Waals surface area (Å²) in [6, 6.07) is 31.1. The number of hydrogen-bond donors (Lipinski definition) is 0. The van der Waals surface area contributed by atoms with Gasteiger partial charge in [-0.2, -0.15) is 0 Å². The Labute approximate surface area is 178 Å². The van der Waals surface area contributed by atoms with Crippen LogP contribution in [0.1, 0.15) is 13.8 Å². The molecule has 0 bridgehead atoms. The zero-order chi connectivity index (χ0) is 21.8. The molecule has 3 aromatic carbocycles. The fraction of sp³-hybridized carbons (Fsp3) is 0.160. The first-order valence-corrected chi connectivity index (χ1v) is 11.7. The van der Waals surface area contributed by atoms with E-state index in [1.807, 2.05) is 61.5 Å². The molecule has 0 saturated heterocycles. The highest BCUT2D eigenvalue weighted by molar-refractivity contribution is 7.96. The lowest BCUT2D eigenvalue weighted by Gasteiger charge is -2.26. The average molecular weight is 421 g/mol. The van der Waals surface area contributed by atoms with Gasteiger partial charge in [0.1, 0.15) is 23.2 Å². The van der Waals surface area contributed by atoms with Crippen LogP contribution in [0.3, 0.4) is 0 Å². The predicted molar refractivity (Wildman–Crippen MR) is 123 cm³/mol. The molecular weight excluding hydrogens is 395 g/mol. The van der Waals surface area contributed by atoms with Crippen molar-refractivity contribution >= 4 is 41.2 Å². The van der Waals surface area contributed by atoms with E-state index in [1.54, 1.807) is 0 Å². The second-order valence-electron chi connectivity index (χ2n) is 6.51. The van der Waals surface area contributed by atoms with Gasteiger partial charge in [0.05, 0.1) is 6.61 Å². The van der Waals surface area contributed by atoms with Crippen LogP contribution >= 0.6 is 7.26 Å². The van der Waals surface area contributed by atoms with Crippen molar-refractivity contribution < 1.29 is 19.1 Å². The van der Waals surface area contributed by atoms with Crippen molar-refractivity contribution in [1.29, 1.82) is 0 Å². The van der Waals surface area contributed by atoms with E-state index in [1.165, 1.54) is 22.8 Å². The summed E-state index contributed by atoms with van der Waals surface area (Å²) in [5.41, 5.74) is 0. The number of carbonyl (C=O) groups excluding carboxylic acids is 3. The number of aldehydes is 1. The van der Waals surface area contributed by atoms with Gasteiger partial charge in [0.15, 0.2) is 18.2 Å². The molecule has 0 spiro atoms. The molecule has 30 heavy (non-hydrogen) atoms. The molecule has 0 aliphatic carbocycles. The largest absolute Gasteiger partial charge is 0.463 e. The molecule has 0 atom stereocenters. The standard InChI is InChI=1S/C22H22O2P.C3H4O2/c1-2-24-22(23)18-25(19-12-6-3-7-13-19,20-14-8-4-9-15-20)21-16-10-5-11-17-21;1-3(5)2-4/h3-17H,2,18H2,1H3;2H,1H3/q+1;. The Kier molecular flexibility index (Phi) is 9.11. The van der Waals surface area contributed by atoms with Gasteiger partial charge in [-0.3, -0.25) is 9.59 Å². The molecule has 5 heteroatoms. The van der Waals surface area contributed by atoms with Crippen LogP contribution in [0.2, 0.25) is 0 Å². The minimum atomic E-state index is -2.11. The maximum atomic E-state index is 12.6. The van der Waals surface area contributed by atoms with Crippen molar-refractivity contribution in [3.63, 3.8) is 0 Å². The third kappa shape index (κ3) is 5.95. The highest BCUT2D eigenvalue weighted by Crippen LogP contribution is 2.55. The third-order valence-corrected chi connectivity index (χ3v) is 8.70. The summed E-state index contributed by atoms with van der Waals surface area (Å²) >= 11 is 0. The van der Waals surface area contributed by atoms with Crippen LogP contribution in [0.25, 0.3) is 0 Å². The van der Waals surface area contributed by atoms with Crippen molar-refractivity contribution in [2.24, 2.45) is 0 Å². The quantitative estimate of drug-likeness (QED) is 0.254. The summed E-state index contributed by atoms with van der Waals surface area (Å²) in [4.78, 5) is 31.2. The van der Waals surface area contributed by atoms with Gasteiger partial charge in [0.25, 0.3) is 0 Å². The van der Waals surface area contributed by atoms with Crippen LogP contribution < -0.4 is 15.9 Å². The SMILES string of the molecule is CC(=O)C=O.CCOC(=O)C[P+](c1ccccc1)(c1ccccc1)c1ccccc1. The maximum absolute atomic E-state index is 12.6. The number of carbonyl (C=O) groups is 3. The maximum Gasteiger partial charge on any atom is 0.345 e. The molecule has 0 saturated carbocycles. The molecule has 0 N–H and O–H groups in total.